The van der Waals surface area contributed by atoms with E-state index in [-0.39, 0.29) is 5.75 Å². The van der Waals surface area contributed by atoms with Gasteiger partial charge in [-0.2, -0.15) is 0 Å². The van der Waals surface area contributed by atoms with E-state index in [4.69, 9.17) is 14.2 Å². The van der Waals surface area contributed by atoms with Crippen molar-refractivity contribution in [3.8, 4) is 17.2 Å². The van der Waals surface area contributed by atoms with Gasteiger partial charge >= 0.3 is 0 Å². The van der Waals surface area contributed by atoms with Crippen LogP contribution in [0.15, 0.2) is 12.1 Å². The van der Waals surface area contributed by atoms with Gasteiger partial charge in [0.1, 0.15) is 23.1 Å². The fourth-order valence-electron chi connectivity index (χ4n) is 2.12. The minimum absolute atomic E-state index is 0.199. The summed E-state index contributed by atoms with van der Waals surface area (Å²) in [5, 5.41) is 3.22. The second kappa shape index (κ2) is 7.00. The predicted octanol–water partition coefficient (Wildman–Crippen LogP) is 0.991. The maximum Gasteiger partial charge on any atom is 0.203 e. The first kappa shape index (κ1) is 15.9. The third-order valence-corrected chi connectivity index (χ3v) is 4.12. The molecule has 1 aromatic rings. The van der Waals surface area contributed by atoms with Crippen molar-refractivity contribution < 1.29 is 22.6 Å². The summed E-state index contributed by atoms with van der Waals surface area (Å²) in [6, 6.07) is 3.82. The minimum atomic E-state index is -2.89. The van der Waals surface area contributed by atoms with Gasteiger partial charge in [-0.25, -0.2) is 8.42 Å². The van der Waals surface area contributed by atoms with E-state index in [9.17, 15) is 8.42 Å². The largest absolute Gasteiger partial charge is 0.493 e. The average Bonchev–Trinajstić information content (AvgIpc) is 2.44. The summed E-state index contributed by atoms with van der Waals surface area (Å²) in [7, 11) is -1.29. The first-order valence-corrected chi connectivity index (χ1v) is 8.90. The zero-order valence-corrected chi connectivity index (χ0v) is 13.2. The van der Waals surface area contributed by atoms with Crippen LogP contribution in [-0.4, -0.2) is 47.3 Å². The van der Waals surface area contributed by atoms with Gasteiger partial charge in [0.2, 0.25) is 5.75 Å². The van der Waals surface area contributed by atoms with Crippen LogP contribution in [0.2, 0.25) is 0 Å². The van der Waals surface area contributed by atoms with Crippen molar-refractivity contribution >= 4 is 9.84 Å². The molecule has 1 heterocycles. The molecule has 0 aromatic heterocycles. The van der Waals surface area contributed by atoms with Crippen molar-refractivity contribution in [2.24, 2.45) is 0 Å². The Balaban J connectivity index is 1.91. The van der Waals surface area contributed by atoms with Crippen LogP contribution in [0.5, 0.6) is 17.2 Å². The van der Waals surface area contributed by atoms with Crippen LogP contribution >= 0.6 is 0 Å². The summed E-state index contributed by atoms with van der Waals surface area (Å²) in [6.07, 6.45) is 1.85. The highest BCUT2D eigenvalue weighted by Gasteiger charge is 2.18. The lowest BCUT2D eigenvalue weighted by molar-refractivity contribution is 0.165. The molecule has 0 radical (unpaired) electrons. The molecular weight excluding hydrogens is 294 g/mol. The quantitative estimate of drug-likeness (QED) is 0.757. The van der Waals surface area contributed by atoms with Crippen molar-refractivity contribution in [1.29, 1.82) is 0 Å². The fourth-order valence-corrected chi connectivity index (χ4v) is 2.79. The lowest BCUT2D eigenvalue weighted by Gasteiger charge is -2.21. The molecule has 6 nitrogen and oxygen atoms in total. The first-order chi connectivity index (χ1) is 9.99. The summed E-state index contributed by atoms with van der Waals surface area (Å²) in [5.74, 6) is 2.18. The van der Waals surface area contributed by atoms with Crippen molar-refractivity contribution in [1.82, 2.24) is 5.32 Å². The minimum Gasteiger partial charge on any atom is -0.493 e. The van der Waals surface area contributed by atoms with E-state index in [1.165, 1.54) is 6.26 Å². The lowest BCUT2D eigenvalue weighted by Crippen LogP contribution is -2.19. The summed E-state index contributed by atoms with van der Waals surface area (Å²) >= 11 is 0. The third kappa shape index (κ3) is 4.78. The number of benzene rings is 1. The summed E-state index contributed by atoms with van der Waals surface area (Å²) in [6.45, 7) is 2.31. The number of sulfone groups is 1. The van der Waals surface area contributed by atoms with Crippen LogP contribution in [-0.2, 0) is 16.4 Å². The first-order valence-electron chi connectivity index (χ1n) is 6.84. The molecule has 0 saturated carbocycles. The molecule has 0 atom stereocenters. The molecule has 21 heavy (non-hydrogen) atoms. The number of fused-ring (bicyclic) bond motifs is 1. The van der Waals surface area contributed by atoms with Gasteiger partial charge in [-0.05, 0) is 30.7 Å². The SMILES string of the molecule is COc1cc(CNCCCS(C)(=O)=O)cc2c1OCCO2. The molecule has 1 aliphatic rings. The molecule has 0 unspecified atom stereocenters. The van der Waals surface area contributed by atoms with E-state index in [1.54, 1.807) is 7.11 Å². The molecule has 1 N–H and O–H groups in total. The molecule has 0 amide bonds. The number of nitrogens with one attached hydrogen (secondary N) is 1. The number of rotatable bonds is 7. The second-order valence-electron chi connectivity index (χ2n) is 4.98. The van der Waals surface area contributed by atoms with Crippen molar-refractivity contribution in [3.63, 3.8) is 0 Å². The van der Waals surface area contributed by atoms with Gasteiger partial charge in [-0.15, -0.1) is 0 Å². The number of ether oxygens (including phenoxy) is 3. The Bertz CT molecular complexity index is 568. The number of hydrogen-bond donors (Lipinski definition) is 1. The highest BCUT2D eigenvalue weighted by Crippen LogP contribution is 2.40. The normalized spacial score (nSPS) is 14.0. The molecule has 2 rings (SSSR count). The van der Waals surface area contributed by atoms with Gasteiger partial charge in [0.05, 0.1) is 12.9 Å². The fraction of sp³-hybridized carbons (Fsp3) is 0.571. The molecule has 0 saturated heterocycles. The molecule has 7 heteroatoms. The van der Waals surface area contributed by atoms with Crippen molar-refractivity contribution in [2.75, 3.05) is 38.9 Å². The number of hydrogen-bond acceptors (Lipinski definition) is 6. The molecule has 0 spiro atoms. The van der Waals surface area contributed by atoms with Gasteiger partial charge in [-0.1, -0.05) is 0 Å². The van der Waals surface area contributed by atoms with E-state index in [2.05, 4.69) is 5.32 Å². The standard InChI is InChI=1S/C14H21NO5S/c1-18-12-8-11(9-13-14(12)20-6-5-19-13)10-15-4-3-7-21(2,16)17/h8-9,15H,3-7,10H2,1-2H3. The van der Waals surface area contributed by atoms with Gasteiger partial charge in [0, 0.05) is 12.8 Å². The topological polar surface area (TPSA) is 73.9 Å². The maximum atomic E-state index is 11.0. The maximum absolute atomic E-state index is 11.0. The Morgan fingerprint density at radius 1 is 1.29 bits per heavy atom. The van der Waals surface area contributed by atoms with Crippen LogP contribution in [0.25, 0.3) is 0 Å². The Morgan fingerprint density at radius 3 is 2.76 bits per heavy atom. The highest BCUT2D eigenvalue weighted by molar-refractivity contribution is 7.90. The summed E-state index contributed by atoms with van der Waals surface area (Å²) < 4.78 is 38.5. The smallest absolute Gasteiger partial charge is 0.203 e. The average molecular weight is 315 g/mol. The number of methoxy groups -OCH3 is 1. The molecular formula is C14H21NO5S. The van der Waals surface area contributed by atoms with Crippen LogP contribution < -0.4 is 19.5 Å². The molecule has 1 aromatic carbocycles. The van der Waals surface area contributed by atoms with E-state index < -0.39 is 9.84 Å². The molecule has 1 aliphatic heterocycles. The Kier molecular flexibility index (Phi) is 5.30. The van der Waals surface area contributed by atoms with E-state index in [1.807, 2.05) is 12.1 Å². The van der Waals surface area contributed by atoms with Gasteiger partial charge in [0.25, 0.3) is 0 Å². The van der Waals surface area contributed by atoms with E-state index >= 15 is 0 Å². The van der Waals surface area contributed by atoms with Gasteiger partial charge < -0.3 is 19.5 Å². The Labute approximate surface area is 125 Å². The zero-order chi connectivity index (χ0) is 15.3. The lowest BCUT2D eigenvalue weighted by atomic mass is 10.1. The third-order valence-electron chi connectivity index (χ3n) is 3.09. The Morgan fingerprint density at radius 2 is 2.05 bits per heavy atom. The van der Waals surface area contributed by atoms with Crippen LogP contribution in [0.3, 0.4) is 0 Å². The van der Waals surface area contributed by atoms with E-state index in [0.29, 0.717) is 50.0 Å². The molecule has 0 aliphatic carbocycles. The van der Waals surface area contributed by atoms with Crippen LogP contribution in [0.4, 0.5) is 0 Å². The second-order valence-corrected chi connectivity index (χ2v) is 7.24. The van der Waals surface area contributed by atoms with Crippen molar-refractivity contribution in [2.45, 2.75) is 13.0 Å². The van der Waals surface area contributed by atoms with Crippen LogP contribution in [0.1, 0.15) is 12.0 Å². The van der Waals surface area contributed by atoms with E-state index in [0.717, 1.165) is 5.56 Å². The summed E-state index contributed by atoms with van der Waals surface area (Å²) in [5.41, 5.74) is 1.01. The highest BCUT2D eigenvalue weighted by atomic mass is 32.2. The molecule has 0 fully saturated rings. The van der Waals surface area contributed by atoms with Gasteiger partial charge in [-0.3, -0.25) is 0 Å². The monoisotopic (exact) mass is 315 g/mol. The van der Waals surface area contributed by atoms with Crippen molar-refractivity contribution in [3.05, 3.63) is 17.7 Å². The Hall–Kier alpha value is -1.47. The van der Waals surface area contributed by atoms with Crippen LogP contribution in [0, 0.1) is 0 Å². The molecule has 118 valence electrons. The summed E-state index contributed by atoms with van der Waals surface area (Å²) in [4.78, 5) is 0. The predicted molar refractivity (Wildman–Crippen MR) is 80.0 cm³/mol. The molecule has 0 bridgehead atoms. The zero-order valence-electron chi connectivity index (χ0n) is 12.3. The van der Waals surface area contributed by atoms with Gasteiger partial charge in [0.15, 0.2) is 11.5 Å².